The number of Topliss-reactive ketones (excluding diaryl/α,β-unsaturated/α-hetero) is 1. The second-order valence-electron chi connectivity index (χ2n) is 2.33. The Hall–Kier alpha value is -0.700. The Kier molecular flexibility index (Phi) is 4.76. The molecule has 0 unspecified atom stereocenters. The van der Waals surface area contributed by atoms with Crippen LogP contribution < -0.4 is 0 Å². The number of hydrogen-bond acceptors (Lipinski definition) is 3. The number of likely N-dealkylation sites (N-methyl/N-ethyl adjacent to an activating group) is 1. The van der Waals surface area contributed by atoms with E-state index in [1.165, 1.54) is 6.21 Å². The van der Waals surface area contributed by atoms with Crippen LogP contribution in [0.5, 0.6) is 0 Å². The van der Waals surface area contributed by atoms with Gasteiger partial charge in [0, 0.05) is 6.54 Å². The van der Waals surface area contributed by atoms with E-state index >= 15 is 0 Å². The lowest BCUT2D eigenvalue weighted by atomic mass is 10.4. The Balaban J connectivity index is 3.54. The highest BCUT2D eigenvalue weighted by molar-refractivity contribution is 6.28. The molecule has 0 bridgehead atoms. The van der Waals surface area contributed by atoms with E-state index in [0.29, 0.717) is 13.1 Å². The minimum Gasteiger partial charge on any atom is -0.302 e. The molecule has 0 atom stereocenters. The van der Waals surface area contributed by atoms with Crippen LogP contribution in [0.25, 0.3) is 0 Å². The van der Waals surface area contributed by atoms with Crippen LogP contribution in [0, 0.1) is 0 Å². The van der Waals surface area contributed by atoms with E-state index < -0.39 is 0 Å². The summed E-state index contributed by atoms with van der Waals surface area (Å²) < 4.78 is 0. The fraction of sp³-hybridized carbons (Fsp3) is 0.714. The molecule has 3 nitrogen and oxygen atoms in total. The van der Waals surface area contributed by atoms with Gasteiger partial charge in [-0.25, -0.2) is 0 Å². The molecule has 0 aliphatic rings. The first kappa shape index (κ1) is 9.30. The van der Waals surface area contributed by atoms with Gasteiger partial charge in [-0.1, -0.05) is 0 Å². The van der Waals surface area contributed by atoms with E-state index in [1.54, 1.807) is 0 Å². The maximum absolute atomic E-state index is 10.8. The second kappa shape index (κ2) is 5.11. The number of nitrogens with zero attached hydrogens (tertiary/aromatic N) is 2. The molecule has 0 spiro atoms. The fourth-order valence-corrected chi connectivity index (χ4v) is 0.546. The fourth-order valence-electron chi connectivity index (χ4n) is 0.546. The molecule has 58 valence electrons. The molecule has 0 N–H and O–H groups in total. The van der Waals surface area contributed by atoms with Crippen molar-refractivity contribution < 1.29 is 4.79 Å². The van der Waals surface area contributed by atoms with Crippen molar-refractivity contribution in [1.29, 1.82) is 0 Å². The summed E-state index contributed by atoms with van der Waals surface area (Å²) in [7, 11) is 3.72. The van der Waals surface area contributed by atoms with Crippen LogP contribution in [0.1, 0.15) is 6.92 Å². The molecule has 0 aromatic heterocycles. The Morgan fingerprint density at radius 2 is 2.20 bits per heavy atom. The molecule has 0 aromatic carbocycles. The highest BCUT2D eigenvalue weighted by atomic mass is 16.1. The van der Waals surface area contributed by atoms with Crippen molar-refractivity contribution in [3.05, 3.63) is 0 Å². The summed E-state index contributed by atoms with van der Waals surface area (Å²) in [5.74, 6) is 0.0619. The van der Waals surface area contributed by atoms with E-state index in [1.807, 2.05) is 25.9 Å². The lowest BCUT2D eigenvalue weighted by Gasteiger charge is -2.03. The molecular weight excluding hydrogens is 128 g/mol. The Bertz CT molecular complexity index is 130. The van der Waals surface area contributed by atoms with Crippen molar-refractivity contribution in [2.75, 3.05) is 27.2 Å². The van der Waals surface area contributed by atoms with Crippen LogP contribution in [0.15, 0.2) is 4.99 Å². The third-order valence-corrected chi connectivity index (χ3v) is 0.890. The van der Waals surface area contributed by atoms with Crippen molar-refractivity contribution in [3.63, 3.8) is 0 Å². The third kappa shape index (κ3) is 5.44. The van der Waals surface area contributed by atoms with E-state index in [-0.39, 0.29) is 5.78 Å². The largest absolute Gasteiger partial charge is 0.302 e. The summed E-state index contributed by atoms with van der Waals surface area (Å²) in [6.45, 7) is 3.03. The predicted molar refractivity (Wildman–Crippen MR) is 42.6 cm³/mol. The van der Waals surface area contributed by atoms with Gasteiger partial charge in [-0.3, -0.25) is 9.79 Å². The van der Waals surface area contributed by atoms with E-state index in [4.69, 9.17) is 0 Å². The zero-order valence-electron chi connectivity index (χ0n) is 6.79. The topological polar surface area (TPSA) is 32.7 Å². The summed E-state index contributed by atoms with van der Waals surface area (Å²) >= 11 is 0. The number of rotatable bonds is 4. The van der Waals surface area contributed by atoms with Crippen LogP contribution in [-0.4, -0.2) is 44.1 Å². The van der Waals surface area contributed by atoms with Gasteiger partial charge >= 0.3 is 0 Å². The zero-order valence-corrected chi connectivity index (χ0v) is 6.79. The number of hydrogen-bond donors (Lipinski definition) is 0. The molecule has 0 heterocycles. The molecule has 0 aliphatic heterocycles. The average molecular weight is 142 g/mol. The summed E-state index contributed by atoms with van der Waals surface area (Å²) in [5.41, 5.74) is 0. The lowest BCUT2D eigenvalue weighted by Crippen LogP contribution is -2.22. The quantitative estimate of drug-likeness (QED) is 0.525. The van der Waals surface area contributed by atoms with E-state index in [0.717, 1.165) is 0 Å². The number of aliphatic imine (C=N–C) groups is 1. The molecule has 0 saturated heterocycles. The average Bonchev–Trinajstić information content (AvgIpc) is 1.82. The molecular formula is C7H14N2O. The standard InChI is InChI=1S/C7H14N2O/c1-4-8-5-7(10)6-9(2)3/h5H,4,6H2,1-3H3. The van der Waals surface area contributed by atoms with Crippen molar-refractivity contribution in [2.45, 2.75) is 6.92 Å². The van der Waals surface area contributed by atoms with Crippen molar-refractivity contribution in [2.24, 2.45) is 4.99 Å². The van der Waals surface area contributed by atoms with Gasteiger partial charge in [0.25, 0.3) is 0 Å². The van der Waals surface area contributed by atoms with Crippen LogP contribution in [0.4, 0.5) is 0 Å². The van der Waals surface area contributed by atoms with Gasteiger partial charge in [0.1, 0.15) is 0 Å². The first-order chi connectivity index (χ1) is 4.66. The Labute approximate surface area is 61.7 Å². The molecule has 0 saturated carbocycles. The Morgan fingerprint density at radius 3 is 2.60 bits per heavy atom. The van der Waals surface area contributed by atoms with Gasteiger partial charge in [-0.15, -0.1) is 0 Å². The second-order valence-corrected chi connectivity index (χ2v) is 2.33. The summed E-state index contributed by atoms with van der Waals surface area (Å²) in [4.78, 5) is 16.5. The number of carbonyl (C=O) groups is 1. The summed E-state index contributed by atoms with van der Waals surface area (Å²) in [5, 5.41) is 0. The van der Waals surface area contributed by atoms with Crippen LogP contribution in [0.2, 0.25) is 0 Å². The van der Waals surface area contributed by atoms with Crippen molar-refractivity contribution >= 4 is 12.0 Å². The third-order valence-electron chi connectivity index (χ3n) is 0.890. The monoisotopic (exact) mass is 142 g/mol. The zero-order chi connectivity index (χ0) is 7.98. The lowest BCUT2D eigenvalue weighted by molar-refractivity contribution is -0.113. The first-order valence-electron chi connectivity index (χ1n) is 3.34. The molecule has 0 rings (SSSR count). The normalized spacial score (nSPS) is 11.2. The smallest absolute Gasteiger partial charge is 0.187 e. The highest BCUT2D eigenvalue weighted by Crippen LogP contribution is 1.74. The number of ketones is 1. The van der Waals surface area contributed by atoms with E-state index in [2.05, 4.69) is 4.99 Å². The Morgan fingerprint density at radius 1 is 1.60 bits per heavy atom. The van der Waals surface area contributed by atoms with Gasteiger partial charge in [0.05, 0.1) is 12.8 Å². The van der Waals surface area contributed by atoms with Crippen LogP contribution in [-0.2, 0) is 4.79 Å². The van der Waals surface area contributed by atoms with Crippen molar-refractivity contribution in [3.8, 4) is 0 Å². The number of carbonyl (C=O) groups excluding carboxylic acids is 1. The van der Waals surface area contributed by atoms with Gasteiger partial charge in [-0.05, 0) is 21.0 Å². The SMILES string of the molecule is CCN=CC(=O)CN(C)C. The van der Waals surface area contributed by atoms with Gasteiger partial charge < -0.3 is 4.90 Å². The molecule has 3 heteroatoms. The van der Waals surface area contributed by atoms with Crippen molar-refractivity contribution in [1.82, 2.24) is 4.90 Å². The predicted octanol–water partition coefficient (Wildman–Crippen LogP) is 0.208. The molecule has 0 radical (unpaired) electrons. The van der Waals surface area contributed by atoms with Gasteiger partial charge in [0.15, 0.2) is 5.78 Å². The molecule has 0 aliphatic carbocycles. The molecule has 0 aromatic rings. The summed E-state index contributed by atoms with van der Waals surface area (Å²) in [6.07, 6.45) is 1.39. The summed E-state index contributed by atoms with van der Waals surface area (Å²) in [6, 6.07) is 0. The van der Waals surface area contributed by atoms with Gasteiger partial charge in [-0.2, -0.15) is 0 Å². The van der Waals surface area contributed by atoms with E-state index in [9.17, 15) is 4.79 Å². The first-order valence-corrected chi connectivity index (χ1v) is 3.34. The molecule has 0 fully saturated rings. The maximum Gasteiger partial charge on any atom is 0.187 e. The van der Waals surface area contributed by atoms with Crippen LogP contribution >= 0.6 is 0 Å². The highest BCUT2D eigenvalue weighted by Gasteiger charge is 1.96. The minimum atomic E-state index is 0.0619. The van der Waals surface area contributed by atoms with Gasteiger partial charge in [0.2, 0.25) is 0 Å². The molecule has 10 heavy (non-hydrogen) atoms. The van der Waals surface area contributed by atoms with Crippen LogP contribution in [0.3, 0.4) is 0 Å². The maximum atomic E-state index is 10.8. The minimum absolute atomic E-state index is 0.0619. The molecule has 0 amide bonds.